The zero-order chi connectivity index (χ0) is 22.9. The van der Waals surface area contributed by atoms with Crippen LogP contribution in [0.3, 0.4) is 0 Å². The summed E-state index contributed by atoms with van der Waals surface area (Å²) >= 11 is 0. The molecule has 4 heteroatoms. The van der Waals surface area contributed by atoms with Crippen molar-refractivity contribution in [1.82, 2.24) is 0 Å². The number of hydrogen-bond donors (Lipinski definition) is 0. The third-order valence-corrected chi connectivity index (χ3v) is 7.57. The summed E-state index contributed by atoms with van der Waals surface area (Å²) in [6.45, 7) is 12.8. The summed E-state index contributed by atoms with van der Waals surface area (Å²) in [5.41, 5.74) is 8.27. The van der Waals surface area contributed by atoms with Crippen molar-refractivity contribution in [3.05, 3.63) is 77.4 Å². The van der Waals surface area contributed by atoms with E-state index in [1.165, 1.54) is 27.8 Å². The Balaban J connectivity index is 1.47. The molecule has 0 saturated carbocycles. The number of nitriles is 1. The van der Waals surface area contributed by atoms with Gasteiger partial charge in [-0.2, -0.15) is 5.26 Å². The van der Waals surface area contributed by atoms with Crippen LogP contribution in [-0.2, 0) is 14.7 Å². The average molecular weight is 421 g/mol. The van der Waals surface area contributed by atoms with Crippen LogP contribution in [0.2, 0.25) is 0 Å². The molecule has 160 valence electrons. The van der Waals surface area contributed by atoms with Crippen LogP contribution < -0.4 is 5.46 Å². The van der Waals surface area contributed by atoms with Gasteiger partial charge in [0, 0.05) is 5.41 Å². The largest absolute Gasteiger partial charge is 0.494 e. The summed E-state index contributed by atoms with van der Waals surface area (Å²) in [5.74, 6) is 0. The van der Waals surface area contributed by atoms with Gasteiger partial charge in [0.15, 0.2) is 0 Å². The normalized spacial score (nSPS) is 19.3. The van der Waals surface area contributed by atoms with E-state index >= 15 is 0 Å². The monoisotopic (exact) mass is 421 g/mol. The number of hydrogen-bond acceptors (Lipinski definition) is 3. The molecule has 32 heavy (non-hydrogen) atoms. The fourth-order valence-corrected chi connectivity index (χ4v) is 4.80. The Hall–Kier alpha value is -2.87. The standard InChI is InChI=1S/C28H28BNO2/c1-26(2)24-15-18(17-30)7-13-22(24)23-14-10-20(16-25(23)26)19-8-11-21(12-9-19)29-31-27(3,4)28(5,6)32-29/h7-16H,1-6H3. The lowest BCUT2D eigenvalue weighted by molar-refractivity contribution is 0.00578. The second-order valence-corrected chi connectivity index (χ2v) is 10.5. The predicted molar refractivity (Wildman–Crippen MR) is 130 cm³/mol. The highest BCUT2D eigenvalue weighted by atomic mass is 16.7. The van der Waals surface area contributed by atoms with E-state index in [2.05, 4.69) is 96.1 Å². The smallest absolute Gasteiger partial charge is 0.399 e. The van der Waals surface area contributed by atoms with Crippen molar-refractivity contribution >= 4 is 12.6 Å². The van der Waals surface area contributed by atoms with E-state index in [1.807, 2.05) is 12.1 Å². The lowest BCUT2D eigenvalue weighted by Crippen LogP contribution is -2.41. The molecule has 1 heterocycles. The zero-order valence-electron chi connectivity index (χ0n) is 19.6. The van der Waals surface area contributed by atoms with Gasteiger partial charge in [-0.3, -0.25) is 0 Å². The number of benzene rings is 3. The van der Waals surface area contributed by atoms with Gasteiger partial charge in [0.25, 0.3) is 0 Å². The summed E-state index contributed by atoms with van der Waals surface area (Å²) in [5, 5.41) is 9.34. The molecule has 0 N–H and O–H groups in total. The predicted octanol–water partition coefficient (Wildman–Crippen LogP) is 5.83. The van der Waals surface area contributed by atoms with E-state index in [9.17, 15) is 5.26 Å². The average Bonchev–Trinajstić information content (AvgIpc) is 3.13. The number of fused-ring (bicyclic) bond motifs is 3. The molecule has 1 fully saturated rings. The molecular formula is C28H28BNO2. The Kier molecular flexibility index (Phi) is 4.47. The van der Waals surface area contributed by atoms with Crippen LogP contribution in [-0.4, -0.2) is 18.3 Å². The molecule has 1 aliphatic heterocycles. The van der Waals surface area contributed by atoms with Gasteiger partial charge >= 0.3 is 7.12 Å². The fraction of sp³-hybridized carbons (Fsp3) is 0.321. The van der Waals surface area contributed by atoms with E-state index in [4.69, 9.17) is 9.31 Å². The minimum absolute atomic E-state index is 0.143. The molecule has 2 aliphatic rings. The van der Waals surface area contributed by atoms with Gasteiger partial charge in [-0.05, 0) is 84.7 Å². The quantitative estimate of drug-likeness (QED) is 0.489. The van der Waals surface area contributed by atoms with Crippen LogP contribution in [0.15, 0.2) is 60.7 Å². The first kappa shape index (κ1) is 21.0. The summed E-state index contributed by atoms with van der Waals surface area (Å²) in [6, 6.07) is 23.5. The molecule has 0 amide bonds. The first-order chi connectivity index (χ1) is 15.0. The van der Waals surface area contributed by atoms with Crippen molar-refractivity contribution in [1.29, 1.82) is 5.26 Å². The molecule has 0 aromatic heterocycles. The Labute approximate surface area is 191 Å². The van der Waals surface area contributed by atoms with Gasteiger partial charge in [0.1, 0.15) is 0 Å². The Morgan fingerprint density at radius 2 is 1.22 bits per heavy atom. The first-order valence-corrected chi connectivity index (χ1v) is 11.2. The molecule has 5 rings (SSSR count). The molecule has 0 bridgehead atoms. The van der Waals surface area contributed by atoms with E-state index in [-0.39, 0.29) is 23.7 Å². The highest BCUT2D eigenvalue weighted by molar-refractivity contribution is 6.62. The summed E-state index contributed by atoms with van der Waals surface area (Å²) in [7, 11) is -0.350. The first-order valence-electron chi connectivity index (χ1n) is 11.2. The lowest BCUT2D eigenvalue weighted by Gasteiger charge is -2.32. The van der Waals surface area contributed by atoms with Gasteiger partial charge in [0.2, 0.25) is 0 Å². The summed E-state index contributed by atoms with van der Waals surface area (Å²) in [6.07, 6.45) is 0. The molecule has 1 aliphatic carbocycles. The molecule has 3 aromatic rings. The van der Waals surface area contributed by atoms with Crippen molar-refractivity contribution < 1.29 is 9.31 Å². The summed E-state index contributed by atoms with van der Waals surface area (Å²) < 4.78 is 12.4. The molecule has 0 atom stereocenters. The Morgan fingerprint density at radius 3 is 1.81 bits per heavy atom. The Bertz CT molecular complexity index is 1250. The minimum Gasteiger partial charge on any atom is -0.399 e. The highest BCUT2D eigenvalue weighted by Crippen LogP contribution is 2.49. The van der Waals surface area contributed by atoms with Gasteiger partial charge in [0.05, 0.1) is 22.8 Å². The number of rotatable bonds is 2. The van der Waals surface area contributed by atoms with E-state index in [0.717, 1.165) is 11.0 Å². The fourth-order valence-electron chi connectivity index (χ4n) is 4.80. The molecular weight excluding hydrogens is 393 g/mol. The second-order valence-electron chi connectivity index (χ2n) is 10.5. The SMILES string of the molecule is CC1(C)c2cc(C#N)ccc2-c2ccc(-c3ccc(B4OC(C)(C)C(C)(C)O4)cc3)cc21. The lowest BCUT2D eigenvalue weighted by atomic mass is 9.78. The van der Waals surface area contributed by atoms with Crippen molar-refractivity contribution in [2.45, 2.75) is 58.2 Å². The van der Waals surface area contributed by atoms with Gasteiger partial charge in [-0.1, -0.05) is 56.3 Å². The molecule has 0 unspecified atom stereocenters. The molecule has 0 radical (unpaired) electrons. The van der Waals surface area contributed by atoms with Crippen LogP contribution in [0.25, 0.3) is 22.3 Å². The van der Waals surface area contributed by atoms with E-state index in [0.29, 0.717) is 5.56 Å². The van der Waals surface area contributed by atoms with E-state index in [1.54, 1.807) is 0 Å². The maximum absolute atomic E-state index is 9.34. The molecule has 3 nitrogen and oxygen atoms in total. The maximum Gasteiger partial charge on any atom is 0.494 e. The van der Waals surface area contributed by atoms with Gasteiger partial charge in [-0.25, -0.2) is 0 Å². The third-order valence-electron chi connectivity index (χ3n) is 7.57. The number of nitrogens with zero attached hydrogens (tertiary/aromatic N) is 1. The highest BCUT2D eigenvalue weighted by Gasteiger charge is 2.51. The minimum atomic E-state index is -0.350. The van der Waals surface area contributed by atoms with Crippen LogP contribution in [0, 0.1) is 11.3 Å². The van der Waals surface area contributed by atoms with Crippen molar-refractivity contribution in [3.8, 4) is 28.3 Å². The van der Waals surface area contributed by atoms with Crippen LogP contribution in [0.5, 0.6) is 0 Å². The molecule has 3 aromatic carbocycles. The van der Waals surface area contributed by atoms with Crippen molar-refractivity contribution in [2.75, 3.05) is 0 Å². The third kappa shape index (κ3) is 3.04. The van der Waals surface area contributed by atoms with Gasteiger partial charge in [-0.15, -0.1) is 0 Å². The van der Waals surface area contributed by atoms with Crippen molar-refractivity contribution in [3.63, 3.8) is 0 Å². The summed E-state index contributed by atoms with van der Waals surface area (Å²) in [4.78, 5) is 0. The van der Waals surface area contributed by atoms with Crippen LogP contribution in [0.1, 0.15) is 58.2 Å². The van der Waals surface area contributed by atoms with E-state index < -0.39 is 0 Å². The second kappa shape index (κ2) is 6.81. The molecule has 0 spiro atoms. The topological polar surface area (TPSA) is 42.2 Å². The zero-order valence-corrected chi connectivity index (χ0v) is 19.6. The Morgan fingerprint density at radius 1 is 0.688 bits per heavy atom. The molecule has 1 saturated heterocycles. The van der Waals surface area contributed by atoms with Crippen molar-refractivity contribution in [2.24, 2.45) is 0 Å². The van der Waals surface area contributed by atoms with Crippen LogP contribution >= 0.6 is 0 Å². The van der Waals surface area contributed by atoms with Gasteiger partial charge < -0.3 is 9.31 Å². The maximum atomic E-state index is 9.34. The van der Waals surface area contributed by atoms with Crippen LogP contribution in [0.4, 0.5) is 0 Å².